The summed E-state index contributed by atoms with van der Waals surface area (Å²) in [6, 6.07) is 11.0. The normalized spacial score (nSPS) is 12.0. The molecule has 0 bridgehead atoms. The number of amides is 1. The van der Waals surface area contributed by atoms with Crippen molar-refractivity contribution in [2.75, 3.05) is 11.9 Å². The molecule has 0 saturated heterocycles. The van der Waals surface area contributed by atoms with Gasteiger partial charge in [0.15, 0.2) is 0 Å². The molecule has 0 aromatic heterocycles. The lowest BCUT2D eigenvalue weighted by atomic mass is 9.87. The molecular weight excluding hydrogens is 391 g/mol. The molecule has 1 amide bonds. The number of alkyl halides is 3. The topological polar surface area (TPSA) is 38.3 Å². The first kappa shape index (κ1) is 22.1. The second-order valence-corrected chi connectivity index (χ2v) is 7.87. The number of ether oxygens (including phenoxy) is 1. The van der Waals surface area contributed by atoms with Gasteiger partial charge < -0.3 is 10.1 Å². The summed E-state index contributed by atoms with van der Waals surface area (Å²) in [6.45, 7) is 6.70. The largest absolute Gasteiger partial charge is 0.494 e. The van der Waals surface area contributed by atoms with Gasteiger partial charge in [-0.1, -0.05) is 44.5 Å². The highest BCUT2D eigenvalue weighted by Gasteiger charge is 2.33. The Morgan fingerprint density at radius 2 is 1.71 bits per heavy atom. The van der Waals surface area contributed by atoms with Gasteiger partial charge in [0.1, 0.15) is 5.75 Å². The van der Waals surface area contributed by atoms with Crippen molar-refractivity contribution in [3.63, 3.8) is 0 Å². The van der Waals surface area contributed by atoms with E-state index in [-0.39, 0.29) is 23.4 Å². The van der Waals surface area contributed by atoms with Crippen LogP contribution in [0.15, 0.2) is 42.5 Å². The van der Waals surface area contributed by atoms with Gasteiger partial charge in [0.25, 0.3) is 0 Å². The highest BCUT2D eigenvalue weighted by Crippen LogP contribution is 2.36. The molecule has 0 atom stereocenters. The fraction of sp³-hybridized carbons (Fsp3) is 0.381. The average Bonchev–Trinajstić information content (AvgIpc) is 2.59. The Balaban J connectivity index is 1.80. The van der Waals surface area contributed by atoms with E-state index in [1.54, 1.807) is 0 Å². The van der Waals surface area contributed by atoms with Crippen molar-refractivity contribution >= 4 is 23.2 Å². The van der Waals surface area contributed by atoms with Crippen molar-refractivity contribution in [3.8, 4) is 5.75 Å². The van der Waals surface area contributed by atoms with Crippen LogP contribution >= 0.6 is 11.6 Å². The second kappa shape index (κ2) is 8.86. The third kappa shape index (κ3) is 6.44. The molecule has 2 aromatic rings. The van der Waals surface area contributed by atoms with Crippen molar-refractivity contribution in [2.45, 2.75) is 45.2 Å². The number of benzene rings is 2. The smallest absolute Gasteiger partial charge is 0.417 e. The molecule has 0 aliphatic heterocycles. The first-order chi connectivity index (χ1) is 13.0. The van der Waals surface area contributed by atoms with E-state index in [4.69, 9.17) is 16.3 Å². The van der Waals surface area contributed by atoms with E-state index in [1.165, 1.54) is 11.6 Å². The van der Waals surface area contributed by atoms with Crippen LogP contribution in [0.3, 0.4) is 0 Å². The van der Waals surface area contributed by atoms with E-state index in [9.17, 15) is 18.0 Å². The number of hydrogen-bond donors (Lipinski definition) is 1. The molecule has 0 radical (unpaired) electrons. The minimum absolute atomic E-state index is 0.0559. The first-order valence-corrected chi connectivity index (χ1v) is 9.24. The van der Waals surface area contributed by atoms with Crippen LogP contribution in [0.5, 0.6) is 5.75 Å². The van der Waals surface area contributed by atoms with Gasteiger partial charge >= 0.3 is 6.18 Å². The Labute approximate surface area is 167 Å². The van der Waals surface area contributed by atoms with E-state index < -0.39 is 16.8 Å². The number of carbonyl (C=O) groups excluding carboxylic acids is 1. The van der Waals surface area contributed by atoms with Crippen LogP contribution in [0, 0.1) is 0 Å². The zero-order chi connectivity index (χ0) is 20.9. The van der Waals surface area contributed by atoms with Gasteiger partial charge in [-0.2, -0.15) is 13.2 Å². The molecular formula is C21H23ClF3NO2. The Hall–Kier alpha value is -2.21. The molecule has 0 aliphatic rings. The van der Waals surface area contributed by atoms with Crippen LogP contribution in [0.4, 0.5) is 18.9 Å². The van der Waals surface area contributed by atoms with Crippen molar-refractivity contribution in [1.82, 2.24) is 0 Å². The summed E-state index contributed by atoms with van der Waals surface area (Å²) in [5, 5.41) is 2.05. The van der Waals surface area contributed by atoms with Crippen LogP contribution in [0.25, 0.3) is 0 Å². The lowest BCUT2D eigenvalue weighted by Gasteiger charge is -2.19. The number of anilines is 1. The van der Waals surface area contributed by atoms with Crippen molar-refractivity contribution in [1.29, 1.82) is 0 Å². The minimum atomic E-state index is -4.58. The van der Waals surface area contributed by atoms with E-state index in [0.29, 0.717) is 18.8 Å². The molecule has 0 spiro atoms. The highest BCUT2D eigenvalue weighted by atomic mass is 35.5. The molecule has 0 heterocycles. The number of nitrogens with one attached hydrogen (secondary N) is 1. The van der Waals surface area contributed by atoms with Gasteiger partial charge in [0, 0.05) is 12.1 Å². The molecule has 28 heavy (non-hydrogen) atoms. The third-order valence-electron chi connectivity index (χ3n) is 4.09. The predicted molar refractivity (Wildman–Crippen MR) is 105 cm³/mol. The zero-order valence-electron chi connectivity index (χ0n) is 16.0. The molecule has 2 aromatic carbocycles. The van der Waals surface area contributed by atoms with Crippen LogP contribution in [0.2, 0.25) is 5.02 Å². The average molecular weight is 414 g/mol. The fourth-order valence-electron chi connectivity index (χ4n) is 2.52. The van der Waals surface area contributed by atoms with Gasteiger partial charge in [-0.05, 0) is 47.7 Å². The van der Waals surface area contributed by atoms with E-state index in [1.807, 2.05) is 24.3 Å². The molecule has 3 nitrogen and oxygen atoms in total. The van der Waals surface area contributed by atoms with Crippen molar-refractivity contribution in [2.24, 2.45) is 0 Å². The molecule has 7 heteroatoms. The first-order valence-electron chi connectivity index (χ1n) is 8.87. The summed E-state index contributed by atoms with van der Waals surface area (Å²) in [5.74, 6) is 0.322. The molecule has 152 valence electrons. The number of carbonyl (C=O) groups is 1. The Bertz CT molecular complexity index is 812. The molecule has 0 fully saturated rings. The summed E-state index contributed by atoms with van der Waals surface area (Å²) in [5.41, 5.74) is 0.333. The van der Waals surface area contributed by atoms with Crippen LogP contribution in [0.1, 0.15) is 44.7 Å². The van der Waals surface area contributed by atoms with Gasteiger partial charge in [-0.3, -0.25) is 4.79 Å². The Morgan fingerprint density at radius 1 is 1.07 bits per heavy atom. The number of halogens is 4. The van der Waals surface area contributed by atoms with E-state index in [2.05, 4.69) is 26.1 Å². The maximum atomic E-state index is 12.9. The van der Waals surface area contributed by atoms with Crippen molar-refractivity contribution in [3.05, 3.63) is 58.6 Å². The van der Waals surface area contributed by atoms with Gasteiger partial charge in [0.05, 0.1) is 17.2 Å². The van der Waals surface area contributed by atoms with Gasteiger partial charge in [-0.15, -0.1) is 0 Å². The molecule has 2 rings (SSSR count). The predicted octanol–water partition coefficient (Wildman–Crippen LogP) is 6.45. The Kier molecular flexibility index (Phi) is 6.99. The maximum absolute atomic E-state index is 12.9. The SMILES string of the molecule is CC(C)(C)c1ccc(OCCCC(=O)Nc2ccc(Cl)c(C(F)(F)F)c2)cc1. The monoisotopic (exact) mass is 413 g/mol. The van der Waals surface area contributed by atoms with Crippen molar-refractivity contribution < 1.29 is 22.7 Å². The standard InChI is InChI=1S/C21H23ClF3NO2/c1-20(2,3)14-6-9-16(10-7-14)28-12-4-5-19(27)26-15-8-11-18(22)17(13-15)21(23,24)25/h6-11,13H,4-5,12H2,1-3H3,(H,26,27). The lowest BCUT2D eigenvalue weighted by Crippen LogP contribution is -2.14. The lowest BCUT2D eigenvalue weighted by molar-refractivity contribution is -0.137. The van der Waals surface area contributed by atoms with Gasteiger partial charge in [-0.25, -0.2) is 0 Å². The van der Waals surface area contributed by atoms with E-state index >= 15 is 0 Å². The maximum Gasteiger partial charge on any atom is 0.417 e. The van der Waals surface area contributed by atoms with Crippen LogP contribution in [-0.4, -0.2) is 12.5 Å². The quantitative estimate of drug-likeness (QED) is 0.552. The van der Waals surface area contributed by atoms with Crippen LogP contribution in [-0.2, 0) is 16.4 Å². The summed E-state index contributed by atoms with van der Waals surface area (Å²) in [4.78, 5) is 11.9. The summed E-state index contributed by atoms with van der Waals surface area (Å²) in [7, 11) is 0. The molecule has 0 saturated carbocycles. The summed E-state index contributed by atoms with van der Waals surface area (Å²) < 4.78 is 44.2. The second-order valence-electron chi connectivity index (χ2n) is 7.47. The van der Waals surface area contributed by atoms with E-state index in [0.717, 1.165) is 12.1 Å². The number of hydrogen-bond acceptors (Lipinski definition) is 2. The summed E-state index contributed by atoms with van der Waals surface area (Å²) in [6.07, 6.45) is -4.01. The van der Waals surface area contributed by atoms with Crippen LogP contribution < -0.4 is 10.1 Å². The van der Waals surface area contributed by atoms with Gasteiger partial charge in [0.2, 0.25) is 5.91 Å². The minimum Gasteiger partial charge on any atom is -0.494 e. The summed E-state index contributed by atoms with van der Waals surface area (Å²) >= 11 is 5.56. The fourth-order valence-corrected chi connectivity index (χ4v) is 2.74. The molecule has 0 unspecified atom stereocenters. The Morgan fingerprint density at radius 3 is 2.29 bits per heavy atom. The molecule has 0 aliphatic carbocycles. The number of rotatable bonds is 6. The highest BCUT2D eigenvalue weighted by molar-refractivity contribution is 6.31. The zero-order valence-corrected chi connectivity index (χ0v) is 16.7. The third-order valence-corrected chi connectivity index (χ3v) is 4.42. The molecule has 1 N–H and O–H groups in total.